The van der Waals surface area contributed by atoms with Gasteiger partial charge in [0.1, 0.15) is 5.82 Å². The van der Waals surface area contributed by atoms with Crippen molar-refractivity contribution >= 4 is 0 Å². The monoisotopic (exact) mass is 1100 g/mol. The molecule has 0 spiro atoms. The maximum atomic E-state index is 9.46. The third-order valence-electron chi connectivity index (χ3n) is 12.4. The number of aromatic nitrogens is 4. The van der Waals surface area contributed by atoms with E-state index in [0.717, 1.165) is 67.5 Å². The molecule has 10 aromatic rings. The van der Waals surface area contributed by atoms with E-state index in [1.54, 1.807) is 12.1 Å². The summed E-state index contributed by atoms with van der Waals surface area (Å²) in [4.78, 5) is 9.43. The second kappa shape index (κ2) is 21.2. The van der Waals surface area contributed by atoms with E-state index in [1.807, 2.05) is 55.1 Å². The third kappa shape index (κ3) is 10.7. The largest absolute Gasteiger partial charge is 0.339 e. The van der Waals surface area contributed by atoms with Crippen LogP contribution in [0.2, 0.25) is 0 Å². The van der Waals surface area contributed by atoms with E-state index in [9.17, 15) is 10.5 Å². The van der Waals surface area contributed by atoms with Crippen LogP contribution in [0.5, 0.6) is 0 Å². The van der Waals surface area contributed by atoms with Gasteiger partial charge in [-0.05, 0) is 95.3 Å². The normalized spacial score (nSPS) is 10.7. The topological polar surface area (TPSA) is 83.2 Å². The zero-order chi connectivity index (χ0) is 49.1. The van der Waals surface area contributed by atoms with Gasteiger partial charge in [-0.3, -0.25) is 9.55 Å². The van der Waals surface area contributed by atoms with Gasteiger partial charge in [-0.1, -0.05) is 166 Å². The second-order valence-electron chi connectivity index (χ2n) is 18.4. The fourth-order valence-electron chi connectivity index (χ4n) is 9.83. The van der Waals surface area contributed by atoms with Gasteiger partial charge in [0, 0.05) is 72.7 Å². The van der Waals surface area contributed by atoms with Gasteiger partial charge >= 0.3 is 0 Å². The molecule has 0 fully saturated rings. The van der Waals surface area contributed by atoms with Crippen molar-refractivity contribution in [3.8, 4) is 90.8 Å². The molecule has 0 saturated carbocycles. The van der Waals surface area contributed by atoms with Gasteiger partial charge in [-0.15, -0.1) is 29.8 Å². The molecule has 8 aromatic carbocycles. The Morgan fingerprint density at radius 1 is 0.394 bits per heavy atom. The van der Waals surface area contributed by atoms with Crippen molar-refractivity contribution in [2.45, 2.75) is 55.4 Å². The fourth-order valence-corrected chi connectivity index (χ4v) is 9.83. The predicted octanol–water partition coefficient (Wildman–Crippen LogP) is 15.8. The van der Waals surface area contributed by atoms with Crippen molar-refractivity contribution in [2.75, 3.05) is 0 Å². The van der Waals surface area contributed by atoms with Gasteiger partial charge in [0.2, 0.25) is 0 Å². The quantitative estimate of drug-likeness (QED) is 0.142. The summed E-state index contributed by atoms with van der Waals surface area (Å²) in [6.45, 7) is 17.1. The molecule has 0 aliphatic heterocycles. The van der Waals surface area contributed by atoms with Crippen LogP contribution in [0.15, 0.2) is 176 Å². The minimum Gasteiger partial charge on any atom is -0.339 e. The first kappa shape index (κ1) is 49.2. The van der Waals surface area contributed by atoms with E-state index in [4.69, 9.17) is 9.97 Å². The molecule has 0 amide bonds. The molecule has 0 aliphatic carbocycles. The standard InChI is InChI=1S/C32H27N3.C32H26N3.Ir/c2*1-21-13-22(2)16-27(15-21)29-9-6-10-30(28-17-23(3)14-24(4)18-28)31(29)35-12-11-34-32(35)26-8-5-7-25(19-26)20-33;/h5-19H,1-4H3;5-7,9-19H,1-4H3;/q;-1;. The summed E-state index contributed by atoms with van der Waals surface area (Å²) in [5.74, 6) is 1.56. The number of hydrogen-bond acceptors (Lipinski definition) is 4. The summed E-state index contributed by atoms with van der Waals surface area (Å²) < 4.78 is 4.30. The molecule has 0 unspecified atom stereocenters. The second-order valence-corrected chi connectivity index (χ2v) is 18.4. The van der Waals surface area contributed by atoms with E-state index in [2.05, 4.69) is 192 Å². The maximum Gasteiger partial charge on any atom is 0.144 e. The van der Waals surface area contributed by atoms with E-state index >= 15 is 0 Å². The summed E-state index contributed by atoms with van der Waals surface area (Å²) in [6, 6.07) is 60.5. The van der Waals surface area contributed by atoms with Crippen molar-refractivity contribution in [1.82, 2.24) is 19.1 Å². The van der Waals surface area contributed by atoms with Crippen LogP contribution in [0.3, 0.4) is 0 Å². The third-order valence-corrected chi connectivity index (χ3v) is 12.4. The Kier molecular flexibility index (Phi) is 14.7. The molecule has 7 heteroatoms. The van der Waals surface area contributed by atoms with Gasteiger partial charge in [0.15, 0.2) is 0 Å². The van der Waals surface area contributed by atoms with Crippen LogP contribution in [-0.2, 0) is 20.1 Å². The molecular formula is C64H53IrN6-. The summed E-state index contributed by atoms with van der Waals surface area (Å²) in [7, 11) is 0. The molecule has 0 aliphatic rings. The van der Waals surface area contributed by atoms with Crippen molar-refractivity contribution in [3.05, 3.63) is 238 Å². The molecule has 0 atom stereocenters. The molecule has 1 radical (unpaired) electrons. The number of nitriles is 2. The maximum absolute atomic E-state index is 9.46. The summed E-state index contributed by atoms with van der Waals surface area (Å²) in [6.07, 6.45) is 7.65. The van der Waals surface area contributed by atoms with Crippen LogP contribution in [0.25, 0.3) is 78.7 Å². The molecule has 2 heterocycles. The minimum absolute atomic E-state index is 0. The predicted molar refractivity (Wildman–Crippen MR) is 286 cm³/mol. The van der Waals surface area contributed by atoms with Crippen LogP contribution in [0.4, 0.5) is 0 Å². The Morgan fingerprint density at radius 3 is 1.14 bits per heavy atom. The van der Waals surface area contributed by atoms with E-state index in [-0.39, 0.29) is 20.1 Å². The van der Waals surface area contributed by atoms with Crippen LogP contribution in [0.1, 0.15) is 55.6 Å². The van der Waals surface area contributed by atoms with Gasteiger partial charge in [0.05, 0.1) is 34.9 Å². The van der Waals surface area contributed by atoms with Gasteiger partial charge in [-0.25, -0.2) is 4.98 Å². The van der Waals surface area contributed by atoms with E-state index < -0.39 is 0 Å². The minimum atomic E-state index is 0. The average Bonchev–Trinajstić information content (AvgIpc) is 4.04. The molecule has 6 nitrogen and oxygen atoms in total. The number of nitrogens with zero attached hydrogens (tertiary/aromatic N) is 6. The molecule has 71 heavy (non-hydrogen) atoms. The SMILES string of the molecule is Cc1cc(C)cc(-c2cccc(-c3cc(C)cc(C)c3)c2-n2ccnc2-c2[c-]ccc(C#N)c2)c1.Cc1cc(C)cc(-c2cccc(-c3cc(C)cc(C)c3)c2-n2ccnc2-c2cccc(C#N)c2)c1.[Ir]. The Morgan fingerprint density at radius 2 is 0.746 bits per heavy atom. The van der Waals surface area contributed by atoms with Crippen molar-refractivity contribution < 1.29 is 20.1 Å². The Labute approximate surface area is 431 Å². The fraction of sp³-hybridized carbons (Fsp3) is 0.125. The molecule has 349 valence electrons. The summed E-state index contributed by atoms with van der Waals surface area (Å²) in [5, 5.41) is 18.9. The number of rotatable bonds is 8. The number of hydrogen-bond donors (Lipinski definition) is 0. The number of imidazole rings is 2. The molecule has 2 aromatic heterocycles. The zero-order valence-corrected chi connectivity index (χ0v) is 43.7. The van der Waals surface area contributed by atoms with Crippen molar-refractivity contribution in [2.24, 2.45) is 0 Å². The smallest absolute Gasteiger partial charge is 0.144 e. The first-order valence-electron chi connectivity index (χ1n) is 23.5. The van der Waals surface area contributed by atoms with Crippen LogP contribution >= 0.6 is 0 Å². The summed E-state index contributed by atoms with van der Waals surface area (Å²) in [5.41, 5.74) is 24.1. The number of benzene rings is 8. The Hall–Kier alpha value is -8.19. The van der Waals surface area contributed by atoms with Crippen LogP contribution < -0.4 is 0 Å². The van der Waals surface area contributed by atoms with Crippen LogP contribution in [-0.4, -0.2) is 19.1 Å². The first-order valence-corrected chi connectivity index (χ1v) is 23.5. The van der Waals surface area contributed by atoms with Gasteiger partial charge in [0.25, 0.3) is 0 Å². The number of para-hydroxylation sites is 2. The molecule has 0 bridgehead atoms. The Balaban J connectivity index is 0.000000188. The van der Waals surface area contributed by atoms with Crippen molar-refractivity contribution in [3.63, 3.8) is 0 Å². The van der Waals surface area contributed by atoms with Crippen LogP contribution in [0, 0.1) is 84.1 Å². The number of aryl methyl sites for hydroxylation is 8. The molecular weight excluding hydrogens is 1040 g/mol. The molecule has 0 N–H and O–H groups in total. The van der Waals surface area contributed by atoms with E-state index in [1.165, 1.54) is 55.6 Å². The van der Waals surface area contributed by atoms with Gasteiger partial charge in [-0.2, -0.15) is 10.5 Å². The zero-order valence-electron chi connectivity index (χ0n) is 41.3. The average molecular weight is 1100 g/mol. The Bertz CT molecular complexity index is 3230. The molecule has 10 rings (SSSR count). The van der Waals surface area contributed by atoms with Crippen molar-refractivity contribution in [1.29, 1.82) is 10.5 Å². The summed E-state index contributed by atoms with van der Waals surface area (Å²) >= 11 is 0. The first-order chi connectivity index (χ1) is 33.8. The van der Waals surface area contributed by atoms with E-state index in [0.29, 0.717) is 11.1 Å². The molecule has 0 saturated heterocycles. The van der Waals surface area contributed by atoms with Gasteiger partial charge < -0.3 is 4.57 Å².